The summed E-state index contributed by atoms with van der Waals surface area (Å²) >= 11 is 9.07. The Balaban J connectivity index is 2.04. The smallest absolute Gasteiger partial charge is 0.224 e. The van der Waals surface area contributed by atoms with Crippen LogP contribution in [0.25, 0.3) is 0 Å². The van der Waals surface area contributed by atoms with Crippen LogP contribution in [-0.4, -0.2) is 16.5 Å². The van der Waals surface area contributed by atoms with Gasteiger partial charge in [0.25, 0.3) is 0 Å². The summed E-state index contributed by atoms with van der Waals surface area (Å²) in [5.74, 6) is 0.776. The number of nitrogens with one attached hydrogen (secondary N) is 1. The van der Waals surface area contributed by atoms with Gasteiger partial charge in [0.15, 0.2) is 0 Å². The minimum absolute atomic E-state index is 0.275. The van der Waals surface area contributed by atoms with Gasteiger partial charge in [-0.1, -0.05) is 6.92 Å². The van der Waals surface area contributed by atoms with Crippen molar-refractivity contribution in [3.05, 3.63) is 16.0 Å². The number of hydrogen-bond donors (Lipinski definition) is 1. The van der Waals surface area contributed by atoms with Gasteiger partial charge in [0.05, 0.1) is 4.47 Å². The van der Waals surface area contributed by atoms with Crippen molar-refractivity contribution < 1.29 is 0 Å². The molecule has 1 heterocycles. The number of halogens is 2. The molecular formula is C9H11BrClN3. The van der Waals surface area contributed by atoms with E-state index < -0.39 is 0 Å². The zero-order chi connectivity index (χ0) is 10.2. The molecule has 1 N–H and O–H groups in total. The van der Waals surface area contributed by atoms with E-state index in [4.69, 9.17) is 11.6 Å². The molecule has 14 heavy (non-hydrogen) atoms. The molecule has 0 radical (unpaired) electrons. The van der Waals surface area contributed by atoms with Crippen LogP contribution in [0.15, 0.2) is 10.7 Å². The average molecular weight is 277 g/mol. The first kappa shape index (κ1) is 10.2. The summed E-state index contributed by atoms with van der Waals surface area (Å²) in [5.41, 5.74) is 0.455. The molecule has 3 nitrogen and oxygen atoms in total. The molecule has 1 fully saturated rings. The lowest BCUT2D eigenvalue weighted by Crippen LogP contribution is -2.13. The van der Waals surface area contributed by atoms with Crippen LogP contribution in [0.5, 0.6) is 0 Å². The van der Waals surface area contributed by atoms with E-state index in [1.165, 1.54) is 12.8 Å². The average Bonchev–Trinajstić information content (AvgIpc) is 2.87. The predicted molar refractivity (Wildman–Crippen MR) is 60.6 cm³/mol. The Morgan fingerprint density at radius 3 is 3.00 bits per heavy atom. The van der Waals surface area contributed by atoms with E-state index in [-0.39, 0.29) is 5.28 Å². The van der Waals surface area contributed by atoms with Crippen LogP contribution in [0.2, 0.25) is 5.28 Å². The fourth-order valence-electron chi connectivity index (χ4n) is 1.16. The monoisotopic (exact) mass is 275 g/mol. The van der Waals surface area contributed by atoms with Gasteiger partial charge in [-0.15, -0.1) is 0 Å². The highest BCUT2D eigenvalue weighted by atomic mass is 79.9. The minimum atomic E-state index is 0.275. The van der Waals surface area contributed by atoms with Crippen LogP contribution in [0.4, 0.5) is 5.82 Å². The van der Waals surface area contributed by atoms with E-state index in [9.17, 15) is 0 Å². The third kappa shape index (κ3) is 2.36. The lowest BCUT2D eigenvalue weighted by molar-refractivity contribution is 0.609. The van der Waals surface area contributed by atoms with Crippen LogP contribution >= 0.6 is 27.5 Å². The zero-order valence-corrected chi connectivity index (χ0v) is 10.2. The first-order valence-electron chi connectivity index (χ1n) is 4.51. The van der Waals surface area contributed by atoms with Crippen molar-refractivity contribution >= 4 is 33.3 Å². The molecular weight excluding hydrogens is 265 g/mol. The quantitative estimate of drug-likeness (QED) is 0.862. The van der Waals surface area contributed by atoms with E-state index in [2.05, 4.69) is 38.1 Å². The number of aromatic nitrogens is 2. The number of nitrogens with zero attached hydrogens (tertiary/aromatic N) is 2. The first-order valence-corrected chi connectivity index (χ1v) is 5.68. The lowest BCUT2D eigenvalue weighted by atomic mass is 10.1. The number of rotatable bonds is 3. The van der Waals surface area contributed by atoms with Crippen LogP contribution in [0, 0.1) is 5.41 Å². The maximum absolute atomic E-state index is 5.70. The van der Waals surface area contributed by atoms with Gasteiger partial charge in [-0.05, 0) is 45.8 Å². The van der Waals surface area contributed by atoms with E-state index in [1.807, 2.05) is 0 Å². The summed E-state index contributed by atoms with van der Waals surface area (Å²) in [6, 6.07) is 0. The lowest BCUT2D eigenvalue weighted by Gasteiger charge is -2.11. The molecule has 1 aliphatic carbocycles. The summed E-state index contributed by atoms with van der Waals surface area (Å²) in [5, 5.41) is 3.55. The maximum atomic E-state index is 5.70. The SMILES string of the molecule is CC1(CNc2nc(Cl)ncc2Br)CC1. The molecule has 1 saturated carbocycles. The zero-order valence-electron chi connectivity index (χ0n) is 7.85. The van der Waals surface area contributed by atoms with Gasteiger partial charge in [0.1, 0.15) is 5.82 Å². The molecule has 0 aromatic carbocycles. The Hall–Kier alpha value is -0.350. The van der Waals surface area contributed by atoms with E-state index in [0.29, 0.717) is 5.41 Å². The minimum Gasteiger partial charge on any atom is -0.368 e. The molecule has 0 saturated heterocycles. The van der Waals surface area contributed by atoms with Gasteiger partial charge in [0.2, 0.25) is 5.28 Å². The molecule has 0 atom stereocenters. The van der Waals surface area contributed by atoms with Gasteiger partial charge < -0.3 is 5.32 Å². The summed E-state index contributed by atoms with van der Waals surface area (Å²) in [6.45, 7) is 3.20. The summed E-state index contributed by atoms with van der Waals surface area (Å²) in [4.78, 5) is 7.97. The predicted octanol–water partition coefficient (Wildman–Crippen LogP) is 3.10. The summed E-state index contributed by atoms with van der Waals surface area (Å²) in [6.07, 6.45) is 4.24. The van der Waals surface area contributed by atoms with Gasteiger partial charge in [0, 0.05) is 12.7 Å². The third-order valence-electron chi connectivity index (χ3n) is 2.50. The Labute approximate surface area is 96.4 Å². The van der Waals surface area contributed by atoms with Gasteiger partial charge in [-0.25, -0.2) is 4.98 Å². The van der Waals surface area contributed by atoms with E-state index in [0.717, 1.165) is 16.8 Å². The van der Waals surface area contributed by atoms with Crippen molar-refractivity contribution in [2.45, 2.75) is 19.8 Å². The van der Waals surface area contributed by atoms with Crippen molar-refractivity contribution in [2.75, 3.05) is 11.9 Å². The summed E-state index contributed by atoms with van der Waals surface area (Å²) < 4.78 is 0.853. The molecule has 0 aliphatic heterocycles. The number of hydrogen-bond acceptors (Lipinski definition) is 3. The molecule has 1 aromatic rings. The fourth-order valence-corrected chi connectivity index (χ4v) is 1.62. The van der Waals surface area contributed by atoms with Crippen LogP contribution in [-0.2, 0) is 0 Å². The fraction of sp³-hybridized carbons (Fsp3) is 0.556. The van der Waals surface area contributed by atoms with Crippen LogP contribution < -0.4 is 5.32 Å². The highest BCUT2D eigenvalue weighted by Crippen LogP contribution is 2.44. The van der Waals surface area contributed by atoms with Crippen LogP contribution in [0.3, 0.4) is 0 Å². The topological polar surface area (TPSA) is 37.8 Å². The van der Waals surface area contributed by atoms with Crippen LogP contribution in [0.1, 0.15) is 19.8 Å². The molecule has 0 spiro atoms. The molecule has 1 aromatic heterocycles. The van der Waals surface area contributed by atoms with E-state index in [1.54, 1.807) is 6.20 Å². The largest absolute Gasteiger partial charge is 0.368 e. The third-order valence-corrected chi connectivity index (χ3v) is 3.26. The maximum Gasteiger partial charge on any atom is 0.224 e. The highest BCUT2D eigenvalue weighted by Gasteiger charge is 2.36. The second-order valence-corrected chi connectivity index (χ2v) is 5.19. The van der Waals surface area contributed by atoms with Gasteiger partial charge >= 0.3 is 0 Å². The second kappa shape index (κ2) is 3.66. The molecule has 2 rings (SSSR count). The van der Waals surface area contributed by atoms with E-state index >= 15 is 0 Å². The van der Waals surface area contributed by atoms with Crippen molar-refractivity contribution in [3.8, 4) is 0 Å². The molecule has 1 aliphatic rings. The van der Waals surface area contributed by atoms with Crippen molar-refractivity contribution in [2.24, 2.45) is 5.41 Å². The molecule has 0 unspecified atom stereocenters. The Morgan fingerprint density at radius 1 is 1.64 bits per heavy atom. The second-order valence-electron chi connectivity index (χ2n) is 4.00. The molecule has 0 bridgehead atoms. The summed E-state index contributed by atoms with van der Waals surface area (Å²) in [7, 11) is 0. The van der Waals surface area contributed by atoms with Crippen molar-refractivity contribution in [1.82, 2.24) is 9.97 Å². The Morgan fingerprint density at radius 2 is 2.36 bits per heavy atom. The Kier molecular flexibility index (Phi) is 2.66. The molecule has 76 valence electrons. The highest BCUT2D eigenvalue weighted by molar-refractivity contribution is 9.10. The van der Waals surface area contributed by atoms with Gasteiger partial charge in [-0.3, -0.25) is 0 Å². The van der Waals surface area contributed by atoms with Gasteiger partial charge in [-0.2, -0.15) is 4.98 Å². The molecule has 0 amide bonds. The van der Waals surface area contributed by atoms with Crippen molar-refractivity contribution in [1.29, 1.82) is 0 Å². The number of anilines is 1. The Bertz CT molecular complexity index is 352. The standard InChI is InChI=1S/C9H11BrClN3/c1-9(2-3-9)5-13-7-6(10)4-12-8(11)14-7/h4H,2-3,5H2,1H3,(H,12,13,14). The normalized spacial score (nSPS) is 17.9. The first-order chi connectivity index (χ1) is 6.59. The van der Waals surface area contributed by atoms with Crippen molar-refractivity contribution in [3.63, 3.8) is 0 Å². The molecule has 5 heteroatoms.